The van der Waals surface area contributed by atoms with Gasteiger partial charge >= 0.3 is 5.97 Å². The Balaban J connectivity index is 0.00000261. The third-order valence-corrected chi connectivity index (χ3v) is 6.24. The molecule has 11 heteroatoms. The number of nitrogens with one attached hydrogen (secondary N) is 1. The maximum Gasteiger partial charge on any atom is 0.317 e. The summed E-state index contributed by atoms with van der Waals surface area (Å²) in [6.07, 6.45) is 4.00. The number of halogens is 3. The van der Waals surface area contributed by atoms with Crippen LogP contribution in [0.15, 0.2) is 0 Å². The van der Waals surface area contributed by atoms with E-state index in [2.05, 4.69) is 10.2 Å². The number of nitrogens with zero attached hydrogens (tertiary/aromatic N) is 3. The van der Waals surface area contributed by atoms with Crippen molar-refractivity contribution in [1.29, 1.82) is 0 Å². The monoisotopic (exact) mass is 475 g/mol. The number of piperazine rings is 1. The highest BCUT2D eigenvalue weighted by Gasteiger charge is 2.34. The van der Waals surface area contributed by atoms with Crippen molar-refractivity contribution in [3.05, 3.63) is 0 Å². The first-order valence-corrected chi connectivity index (χ1v) is 9.98. The summed E-state index contributed by atoms with van der Waals surface area (Å²) < 4.78 is 0. The molecule has 0 aromatic carbocycles. The van der Waals surface area contributed by atoms with Gasteiger partial charge in [-0.25, -0.2) is 0 Å². The Morgan fingerprint density at radius 1 is 0.931 bits per heavy atom. The minimum Gasteiger partial charge on any atom is -0.480 e. The predicted octanol–water partition coefficient (Wildman–Crippen LogP) is 0.272. The van der Waals surface area contributed by atoms with Gasteiger partial charge in [-0.1, -0.05) is 0 Å². The number of hydrogen-bond acceptors (Lipinski definition) is 6. The summed E-state index contributed by atoms with van der Waals surface area (Å²) in [7, 11) is 0. The molecule has 0 aromatic rings. The Hall–Kier alpha value is -0.350. The largest absolute Gasteiger partial charge is 0.480 e. The highest BCUT2D eigenvalue weighted by molar-refractivity contribution is 5.86. The first-order valence-electron chi connectivity index (χ1n) is 9.98. The molecule has 8 nitrogen and oxygen atoms in total. The first kappa shape index (κ1) is 28.6. The van der Waals surface area contributed by atoms with Crippen molar-refractivity contribution >= 4 is 49.1 Å². The van der Waals surface area contributed by atoms with Crippen LogP contribution in [0.25, 0.3) is 0 Å². The van der Waals surface area contributed by atoms with Crippen LogP contribution in [0.4, 0.5) is 0 Å². The lowest BCUT2D eigenvalue weighted by Crippen LogP contribution is -2.58. The number of hydrogen-bond donors (Lipinski definition) is 3. The van der Waals surface area contributed by atoms with Crippen LogP contribution in [0.1, 0.15) is 25.7 Å². The zero-order valence-corrected chi connectivity index (χ0v) is 19.3. The number of piperidine rings is 2. The molecule has 3 rings (SSSR count). The van der Waals surface area contributed by atoms with Crippen molar-refractivity contribution < 1.29 is 14.7 Å². The fraction of sp³-hybridized carbons (Fsp3) is 0.889. The molecule has 3 aliphatic rings. The smallest absolute Gasteiger partial charge is 0.317 e. The van der Waals surface area contributed by atoms with Gasteiger partial charge in [-0.15, -0.1) is 37.2 Å². The second-order valence-electron chi connectivity index (χ2n) is 7.88. The summed E-state index contributed by atoms with van der Waals surface area (Å²) in [5.74, 6) is -0.558. The number of nitrogens with two attached hydrogens (primary N) is 1. The van der Waals surface area contributed by atoms with E-state index < -0.39 is 12.0 Å². The molecule has 4 N–H and O–H groups in total. The van der Waals surface area contributed by atoms with E-state index >= 15 is 0 Å². The lowest BCUT2D eigenvalue weighted by molar-refractivity contribution is -0.140. The molecule has 0 aliphatic carbocycles. The minimum atomic E-state index is -0.796. The van der Waals surface area contributed by atoms with E-state index in [1.807, 2.05) is 9.80 Å². The molecule has 1 amide bonds. The topological polar surface area (TPSA) is 102 Å². The number of carboxylic acids is 1. The Kier molecular flexibility index (Phi) is 13.7. The van der Waals surface area contributed by atoms with E-state index in [1.165, 1.54) is 12.8 Å². The SMILES string of the molecule is Cl.Cl.Cl.NC(C(=O)N1CCN(C2CCNCC2)CC1)C1CCN(CC(=O)O)CC1. The molecule has 1 unspecified atom stereocenters. The van der Waals surface area contributed by atoms with Gasteiger partial charge in [-0.3, -0.25) is 19.4 Å². The first-order chi connectivity index (χ1) is 12.5. The fourth-order valence-corrected chi connectivity index (χ4v) is 4.55. The zero-order chi connectivity index (χ0) is 18.5. The molecular formula is C18H36Cl3N5O3. The van der Waals surface area contributed by atoms with Crippen LogP contribution in [0.3, 0.4) is 0 Å². The van der Waals surface area contributed by atoms with Crippen molar-refractivity contribution in [2.24, 2.45) is 11.7 Å². The van der Waals surface area contributed by atoms with Crippen molar-refractivity contribution in [2.75, 3.05) is 58.9 Å². The Bertz CT molecular complexity index is 495. The molecule has 0 radical (unpaired) electrons. The van der Waals surface area contributed by atoms with E-state index in [1.54, 1.807) is 0 Å². The number of amides is 1. The van der Waals surface area contributed by atoms with Gasteiger partial charge in [-0.2, -0.15) is 0 Å². The van der Waals surface area contributed by atoms with Gasteiger partial charge in [0.2, 0.25) is 5.91 Å². The minimum absolute atomic E-state index is 0. The van der Waals surface area contributed by atoms with E-state index in [4.69, 9.17) is 10.8 Å². The number of carbonyl (C=O) groups is 2. The maximum atomic E-state index is 12.8. The van der Waals surface area contributed by atoms with E-state index in [9.17, 15) is 9.59 Å². The highest BCUT2D eigenvalue weighted by Crippen LogP contribution is 2.22. The van der Waals surface area contributed by atoms with Crippen molar-refractivity contribution in [1.82, 2.24) is 20.0 Å². The van der Waals surface area contributed by atoms with Gasteiger partial charge in [0.25, 0.3) is 0 Å². The summed E-state index contributed by atoms with van der Waals surface area (Å²) >= 11 is 0. The van der Waals surface area contributed by atoms with Gasteiger partial charge in [0.05, 0.1) is 12.6 Å². The van der Waals surface area contributed by atoms with Crippen LogP contribution in [0.5, 0.6) is 0 Å². The van der Waals surface area contributed by atoms with Gasteiger partial charge in [0.1, 0.15) is 0 Å². The van der Waals surface area contributed by atoms with Crippen LogP contribution in [-0.4, -0.2) is 103 Å². The third kappa shape index (κ3) is 8.01. The molecule has 3 aliphatic heterocycles. The summed E-state index contributed by atoms with van der Waals surface area (Å²) in [6.45, 7) is 7.12. The molecule has 3 heterocycles. The predicted molar refractivity (Wildman–Crippen MR) is 121 cm³/mol. The number of carbonyl (C=O) groups excluding carboxylic acids is 1. The van der Waals surface area contributed by atoms with E-state index in [0.717, 1.165) is 52.1 Å². The van der Waals surface area contributed by atoms with Gasteiger partial charge < -0.3 is 21.1 Å². The fourth-order valence-electron chi connectivity index (χ4n) is 4.55. The number of likely N-dealkylation sites (tertiary alicyclic amines) is 1. The van der Waals surface area contributed by atoms with Crippen molar-refractivity contribution in [3.8, 4) is 0 Å². The third-order valence-electron chi connectivity index (χ3n) is 6.24. The summed E-state index contributed by atoms with van der Waals surface area (Å²) in [5.41, 5.74) is 6.30. The van der Waals surface area contributed by atoms with Gasteiger partial charge in [0, 0.05) is 32.2 Å². The molecule has 3 fully saturated rings. The molecule has 0 spiro atoms. The number of aliphatic carboxylic acids is 1. The normalized spacial score (nSPS) is 23.3. The van der Waals surface area contributed by atoms with Crippen LogP contribution in [-0.2, 0) is 9.59 Å². The second-order valence-corrected chi connectivity index (χ2v) is 7.88. The van der Waals surface area contributed by atoms with Gasteiger partial charge in [0.15, 0.2) is 0 Å². The standard InChI is InChI=1S/C18H33N5O3.3ClH/c19-17(14-3-7-21(8-4-14)13-16(24)25)18(26)23-11-9-22(10-12-23)15-1-5-20-6-2-15;;;/h14-15,17,20H,1-13,19H2,(H,24,25);3*1H. The van der Waals surface area contributed by atoms with Gasteiger partial charge in [-0.05, 0) is 57.8 Å². The molecular weight excluding hydrogens is 441 g/mol. The summed E-state index contributed by atoms with van der Waals surface area (Å²) in [6, 6.07) is 0.202. The molecule has 0 bridgehead atoms. The van der Waals surface area contributed by atoms with Crippen molar-refractivity contribution in [3.63, 3.8) is 0 Å². The van der Waals surface area contributed by atoms with Crippen LogP contribution in [0, 0.1) is 5.92 Å². The second kappa shape index (κ2) is 13.9. The average Bonchev–Trinajstić information content (AvgIpc) is 2.68. The highest BCUT2D eigenvalue weighted by atomic mass is 35.5. The lowest BCUT2D eigenvalue weighted by Gasteiger charge is -2.42. The van der Waals surface area contributed by atoms with Crippen LogP contribution < -0.4 is 11.1 Å². The van der Waals surface area contributed by atoms with Crippen LogP contribution in [0.2, 0.25) is 0 Å². The Morgan fingerprint density at radius 3 is 2.00 bits per heavy atom. The summed E-state index contributed by atoms with van der Waals surface area (Å²) in [5, 5.41) is 12.3. The molecule has 29 heavy (non-hydrogen) atoms. The van der Waals surface area contributed by atoms with Crippen molar-refractivity contribution in [2.45, 2.75) is 37.8 Å². The summed E-state index contributed by atoms with van der Waals surface area (Å²) in [4.78, 5) is 30.0. The Morgan fingerprint density at radius 2 is 1.48 bits per heavy atom. The lowest BCUT2D eigenvalue weighted by atomic mass is 9.89. The molecule has 3 saturated heterocycles. The average molecular weight is 477 g/mol. The Labute approximate surface area is 192 Å². The molecule has 1 atom stereocenters. The molecule has 172 valence electrons. The quantitative estimate of drug-likeness (QED) is 0.523. The van der Waals surface area contributed by atoms with E-state index in [-0.39, 0.29) is 55.6 Å². The maximum absolute atomic E-state index is 12.8. The molecule has 0 aromatic heterocycles. The molecule has 0 saturated carbocycles. The van der Waals surface area contributed by atoms with E-state index in [0.29, 0.717) is 19.1 Å². The van der Waals surface area contributed by atoms with Crippen LogP contribution >= 0.6 is 37.2 Å². The number of carboxylic acid groups (broad SMARTS) is 1. The number of rotatable bonds is 5. The zero-order valence-electron chi connectivity index (χ0n) is 16.8.